The predicted molar refractivity (Wildman–Crippen MR) is 120 cm³/mol. The van der Waals surface area contributed by atoms with E-state index in [1.807, 2.05) is 12.1 Å². The van der Waals surface area contributed by atoms with Crippen LogP contribution in [-0.4, -0.2) is 68.2 Å². The molecule has 4 heterocycles. The molecule has 2 N–H and O–H groups in total. The summed E-state index contributed by atoms with van der Waals surface area (Å²) in [6.07, 6.45) is -1.62. The number of fused-ring (bicyclic) bond motifs is 1. The number of hydrogen-bond acceptors (Lipinski definition) is 7. The molecule has 0 saturated carbocycles. The second-order valence-electron chi connectivity index (χ2n) is 8.77. The third-order valence-corrected chi connectivity index (χ3v) is 6.90. The fraction of sp³-hybridized carbons (Fsp3) is 0.500. The summed E-state index contributed by atoms with van der Waals surface area (Å²) < 4.78 is 45.3. The minimum absolute atomic E-state index is 0.0410. The Labute approximate surface area is 198 Å². The first-order valence-electron chi connectivity index (χ1n) is 11.0. The van der Waals surface area contributed by atoms with Crippen LogP contribution in [0.1, 0.15) is 30.0 Å². The van der Waals surface area contributed by atoms with Crippen molar-refractivity contribution in [3.63, 3.8) is 0 Å². The average molecular weight is 497 g/mol. The largest absolute Gasteiger partial charge is 0.435 e. The third-order valence-electron chi connectivity index (χ3n) is 6.57. The molecule has 3 aromatic rings. The van der Waals surface area contributed by atoms with Gasteiger partial charge in [-0.05, 0) is 49.5 Å². The third kappa shape index (κ3) is 4.57. The lowest BCUT2D eigenvalue weighted by atomic mass is 9.88. The van der Waals surface area contributed by atoms with Gasteiger partial charge in [-0.25, -0.2) is 9.97 Å². The highest BCUT2D eigenvalue weighted by molar-refractivity contribution is 6.32. The molecule has 2 atom stereocenters. The molecule has 2 aromatic heterocycles. The Morgan fingerprint density at radius 1 is 1.18 bits per heavy atom. The fourth-order valence-corrected chi connectivity index (χ4v) is 5.03. The first kappa shape index (κ1) is 23.3. The number of anilines is 2. The number of rotatable bonds is 4. The number of aromatic nitrogens is 4. The number of aliphatic hydroxyl groups excluding tert-OH is 1. The zero-order chi connectivity index (χ0) is 24.0. The second-order valence-corrected chi connectivity index (χ2v) is 9.18. The quantitative estimate of drug-likeness (QED) is 0.569. The smallest absolute Gasteiger partial charge is 0.389 e. The van der Waals surface area contributed by atoms with Crippen LogP contribution in [0.15, 0.2) is 24.4 Å². The average Bonchev–Trinajstić information content (AvgIpc) is 3.39. The molecule has 2 unspecified atom stereocenters. The van der Waals surface area contributed by atoms with Crippen LogP contribution in [0.5, 0.6) is 0 Å². The minimum Gasteiger partial charge on any atom is -0.389 e. The van der Waals surface area contributed by atoms with Crippen LogP contribution in [0, 0.1) is 0 Å². The van der Waals surface area contributed by atoms with E-state index in [0.717, 1.165) is 47.6 Å². The number of nitrogens with one attached hydrogen (secondary N) is 1. The molecule has 12 heteroatoms. The highest BCUT2D eigenvalue weighted by Gasteiger charge is 2.35. The maximum atomic E-state index is 12.9. The van der Waals surface area contributed by atoms with Gasteiger partial charge >= 0.3 is 6.18 Å². The van der Waals surface area contributed by atoms with E-state index in [4.69, 9.17) is 16.3 Å². The zero-order valence-corrected chi connectivity index (χ0v) is 19.1. The monoisotopic (exact) mass is 496 g/mol. The van der Waals surface area contributed by atoms with Crippen LogP contribution >= 0.6 is 11.6 Å². The summed E-state index contributed by atoms with van der Waals surface area (Å²) in [6, 6.07) is 4.71. The van der Waals surface area contributed by atoms with Crippen molar-refractivity contribution in [3.05, 3.63) is 40.7 Å². The Kier molecular flexibility index (Phi) is 6.13. The summed E-state index contributed by atoms with van der Waals surface area (Å²) in [6.45, 7) is 2.61. The first-order chi connectivity index (χ1) is 16.2. The summed E-state index contributed by atoms with van der Waals surface area (Å²) in [7, 11) is 1.42. The molecule has 2 aliphatic heterocycles. The van der Waals surface area contributed by atoms with Crippen LogP contribution in [0.25, 0.3) is 10.9 Å². The molecule has 8 nitrogen and oxygen atoms in total. The van der Waals surface area contributed by atoms with E-state index >= 15 is 0 Å². The topological polar surface area (TPSA) is 88.3 Å². The molecular weight excluding hydrogens is 473 g/mol. The molecule has 2 saturated heterocycles. The van der Waals surface area contributed by atoms with Crippen molar-refractivity contribution in [1.29, 1.82) is 0 Å². The van der Waals surface area contributed by atoms with Crippen molar-refractivity contribution in [1.82, 2.24) is 24.6 Å². The number of aliphatic hydroxyl groups is 1. The first-order valence-corrected chi connectivity index (χ1v) is 11.4. The number of piperidine rings is 1. The molecule has 0 aliphatic carbocycles. The summed E-state index contributed by atoms with van der Waals surface area (Å²) >= 11 is 6.60. The fourth-order valence-electron chi connectivity index (χ4n) is 4.70. The lowest BCUT2D eigenvalue weighted by Gasteiger charge is -2.36. The van der Waals surface area contributed by atoms with Gasteiger partial charge in [0.2, 0.25) is 5.95 Å². The molecule has 34 heavy (non-hydrogen) atoms. The molecule has 1 aromatic carbocycles. The van der Waals surface area contributed by atoms with Crippen molar-refractivity contribution < 1.29 is 23.0 Å². The van der Waals surface area contributed by atoms with Gasteiger partial charge in [0.25, 0.3) is 0 Å². The van der Waals surface area contributed by atoms with E-state index < -0.39 is 18.0 Å². The number of ether oxygens (including phenoxy) is 1. The standard InChI is InChI=1S/C22H24ClF3N6O2/c1-31-20(8-19(30-31)22(24,25)26)29-21-27-9-13-6-15(23)14(7-16(13)28-21)12-2-4-32(5-3-12)17-10-34-11-18(17)33/h6-9,12,17-18,33H,2-5,10-11H2,1H3,(H,27,28,29). The summed E-state index contributed by atoms with van der Waals surface area (Å²) in [5.41, 5.74) is 0.647. The number of benzene rings is 1. The van der Waals surface area contributed by atoms with Gasteiger partial charge in [0.15, 0.2) is 5.69 Å². The Morgan fingerprint density at radius 3 is 2.59 bits per heavy atom. The van der Waals surface area contributed by atoms with Gasteiger partial charge in [0, 0.05) is 29.7 Å². The lowest BCUT2D eigenvalue weighted by Crippen LogP contribution is -2.46. The predicted octanol–water partition coefficient (Wildman–Crippen LogP) is 3.72. The van der Waals surface area contributed by atoms with Crippen molar-refractivity contribution in [2.24, 2.45) is 7.05 Å². The molecular formula is C22H24ClF3N6O2. The number of likely N-dealkylation sites (tertiary alicyclic amines) is 1. The van der Waals surface area contributed by atoms with Crippen LogP contribution in [0.2, 0.25) is 5.02 Å². The van der Waals surface area contributed by atoms with Crippen LogP contribution in [-0.2, 0) is 18.0 Å². The van der Waals surface area contributed by atoms with Crippen LogP contribution in [0.3, 0.4) is 0 Å². The van der Waals surface area contributed by atoms with Gasteiger partial charge in [-0.1, -0.05) is 11.6 Å². The highest BCUT2D eigenvalue weighted by atomic mass is 35.5. The number of alkyl halides is 3. The molecule has 2 fully saturated rings. The van der Waals surface area contributed by atoms with E-state index in [-0.39, 0.29) is 23.7 Å². The molecule has 0 spiro atoms. The highest BCUT2D eigenvalue weighted by Crippen LogP contribution is 2.36. The zero-order valence-electron chi connectivity index (χ0n) is 18.4. The van der Waals surface area contributed by atoms with Gasteiger partial charge in [0.05, 0.1) is 30.9 Å². The van der Waals surface area contributed by atoms with Gasteiger partial charge in [-0.3, -0.25) is 9.58 Å². The normalized spacial score (nSPS) is 22.5. The number of nitrogens with zero attached hydrogens (tertiary/aromatic N) is 5. The minimum atomic E-state index is -4.54. The Morgan fingerprint density at radius 2 is 1.94 bits per heavy atom. The van der Waals surface area contributed by atoms with E-state index in [0.29, 0.717) is 23.8 Å². The summed E-state index contributed by atoms with van der Waals surface area (Å²) in [5.74, 6) is 0.541. The van der Waals surface area contributed by atoms with Crippen LogP contribution in [0.4, 0.5) is 24.9 Å². The number of hydrogen-bond donors (Lipinski definition) is 2. The van der Waals surface area contributed by atoms with E-state index in [9.17, 15) is 18.3 Å². The van der Waals surface area contributed by atoms with Crippen molar-refractivity contribution in [3.8, 4) is 0 Å². The molecule has 182 valence electrons. The Hall–Kier alpha value is -2.47. The Balaban J connectivity index is 1.35. The van der Waals surface area contributed by atoms with Crippen LogP contribution < -0.4 is 5.32 Å². The second kappa shape index (κ2) is 8.95. The maximum absolute atomic E-state index is 12.9. The number of aryl methyl sites for hydroxylation is 1. The van der Waals surface area contributed by atoms with Gasteiger partial charge < -0.3 is 15.2 Å². The SMILES string of the molecule is Cn1nc(C(F)(F)F)cc1Nc1ncc2cc(Cl)c(C3CCN(C4COCC4O)CC3)cc2n1. The summed E-state index contributed by atoms with van der Waals surface area (Å²) in [5, 5.41) is 17.8. The van der Waals surface area contributed by atoms with E-state index in [2.05, 4.69) is 25.3 Å². The van der Waals surface area contributed by atoms with Crippen molar-refractivity contribution in [2.75, 3.05) is 31.6 Å². The van der Waals surface area contributed by atoms with Gasteiger partial charge in [-0.2, -0.15) is 18.3 Å². The van der Waals surface area contributed by atoms with Crippen molar-refractivity contribution in [2.45, 2.75) is 37.1 Å². The maximum Gasteiger partial charge on any atom is 0.435 e. The molecule has 0 radical (unpaired) electrons. The number of halogens is 4. The van der Waals surface area contributed by atoms with Gasteiger partial charge in [0.1, 0.15) is 5.82 Å². The lowest BCUT2D eigenvalue weighted by molar-refractivity contribution is -0.141. The molecule has 0 amide bonds. The Bertz CT molecular complexity index is 1200. The molecule has 0 bridgehead atoms. The van der Waals surface area contributed by atoms with E-state index in [1.54, 1.807) is 6.20 Å². The van der Waals surface area contributed by atoms with E-state index in [1.165, 1.54) is 7.05 Å². The van der Waals surface area contributed by atoms with Gasteiger partial charge in [-0.15, -0.1) is 0 Å². The summed E-state index contributed by atoms with van der Waals surface area (Å²) in [4.78, 5) is 11.0. The molecule has 2 aliphatic rings. The molecule has 5 rings (SSSR count). The van der Waals surface area contributed by atoms with Crippen molar-refractivity contribution >= 4 is 34.3 Å².